The van der Waals surface area contributed by atoms with Gasteiger partial charge >= 0.3 is 0 Å². The summed E-state index contributed by atoms with van der Waals surface area (Å²) >= 11 is 7.26. The van der Waals surface area contributed by atoms with Gasteiger partial charge in [0, 0.05) is 18.4 Å². The molecule has 1 unspecified atom stereocenters. The van der Waals surface area contributed by atoms with Crippen LogP contribution < -0.4 is 5.32 Å². The first-order chi connectivity index (χ1) is 9.60. The lowest BCUT2D eigenvalue weighted by atomic mass is 10.2. The van der Waals surface area contributed by atoms with Gasteiger partial charge in [0.15, 0.2) is 0 Å². The van der Waals surface area contributed by atoms with E-state index in [1.165, 1.54) is 23.5 Å². The van der Waals surface area contributed by atoms with Gasteiger partial charge < -0.3 is 10.1 Å². The fourth-order valence-corrected chi connectivity index (χ4v) is 3.05. The number of carbonyl (C=O) groups excluding carboxylic acids is 1. The molecule has 0 radical (unpaired) electrons. The number of fused-ring (bicyclic) bond motifs is 1. The first kappa shape index (κ1) is 15.2. The Morgan fingerprint density at radius 2 is 2.30 bits per heavy atom. The molecule has 6 heteroatoms. The Balaban J connectivity index is 1.94. The van der Waals surface area contributed by atoms with Gasteiger partial charge in [-0.15, -0.1) is 22.9 Å². The van der Waals surface area contributed by atoms with E-state index in [-0.39, 0.29) is 17.1 Å². The molecular formula is C14H15ClFNO2S. The number of hydrogen-bond donors (Lipinski definition) is 1. The van der Waals surface area contributed by atoms with E-state index < -0.39 is 0 Å². The zero-order valence-corrected chi connectivity index (χ0v) is 12.6. The summed E-state index contributed by atoms with van der Waals surface area (Å²) in [6, 6.07) is 6.26. The van der Waals surface area contributed by atoms with Crippen molar-refractivity contribution in [3.63, 3.8) is 0 Å². The quantitative estimate of drug-likeness (QED) is 0.830. The molecule has 0 saturated carbocycles. The van der Waals surface area contributed by atoms with E-state index in [4.69, 9.17) is 16.3 Å². The van der Waals surface area contributed by atoms with Crippen LogP contribution >= 0.6 is 22.9 Å². The van der Waals surface area contributed by atoms with Crippen LogP contribution in [0.15, 0.2) is 24.3 Å². The first-order valence-corrected chi connectivity index (χ1v) is 7.45. The van der Waals surface area contributed by atoms with Crippen LogP contribution in [0.1, 0.15) is 16.1 Å². The number of halogens is 2. The van der Waals surface area contributed by atoms with E-state index in [0.717, 1.165) is 10.1 Å². The molecule has 108 valence electrons. The highest BCUT2D eigenvalue weighted by Crippen LogP contribution is 2.26. The monoisotopic (exact) mass is 315 g/mol. The smallest absolute Gasteiger partial charge is 0.261 e. The molecule has 1 aromatic heterocycles. The van der Waals surface area contributed by atoms with E-state index in [9.17, 15) is 9.18 Å². The maximum absolute atomic E-state index is 13.1. The molecule has 1 aromatic carbocycles. The number of alkyl halides is 1. The summed E-state index contributed by atoms with van der Waals surface area (Å²) in [4.78, 5) is 12.5. The Morgan fingerprint density at radius 1 is 1.50 bits per heavy atom. The molecule has 3 nitrogen and oxygen atoms in total. The number of thiophene rings is 1. The molecule has 2 rings (SSSR count). The SMILES string of the molecule is COCC(Cl)CCNC(=O)c1cc2ccc(F)cc2s1. The summed E-state index contributed by atoms with van der Waals surface area (Å²) in [5, 5.41) is 3.56. The molecule has 0 saturated heterocycles. The Kier molecular flexibility index (Phi) is 5.34. The predicted octanol–water partition coefficient (Wildman–Crippen LogP) is 3.41. The minimum atomic E-state index is -0.296. The van der Waals surface area contributed by atoms with Gasteiger partial charge in [-0.2, -0.15) is 0 Å². The summed E-state index contributed by atoms with van der Waals surface area (Å²) in [6.07, 6.45) is 0.640. The number of amides is 1. The Morgan fingerprint density at radius 3 is 3.05 bits per heavy atom. The van der Waals surface area contributed by atoms with Crippen molar-refractivity contribution in [3.05, 3.63) is 35.0 Å². The fourth-order valence-electron chi connectivity index (χ4n) is 1.81. The van der Waals surface area contributed by atoms with Crippen molar-refractivity contribution < 1.29 is 13.9 Å². The lowest BCUT2D eigenvalue weighted by molar-refractivity contribution is 0.0956. The largest absolute Gasteiger partial charge is 0.383 e. The predicted molar refractivity (Wildman–Crippen MR) is 80.3 cm³/mol. The normalized spacial score (nSPS) is 12.6. The van der Waals surface area contributed by atoms with Gasteiger partial charge in [-0.05, 0) is 30.0 Å². The lowest BCUT2D eigenvalue weighted by Gasteiger charge is -2.08. The third kappa shape index (κ3) is 3.91. The lowest BCUT2D eigenvalue weighted by Crippen LogP contribution is -2.26. The molecule has 20 heavy (non-hydrogen) atoms. The van der Waals surface area contributed by atoms with E-state index in [2.05, 4.69) is 5.32 Å². The zero-order chi connectivity index (χ0) is 14.5. The summed E-state index contributed by atoms with van der Waals surface area (Å²) in [6.45, 7) is 0.943. The average molecular weight is 316 g/mol. The summed E-state index contributed by atoms with van der Waals surface area (Å²) < 4.78 is 18.8. The van der Waals surface area contributed by atoms with Gasteiger partial charge in [0.05, 0.1) is 16.9 Å². The number of benzene rings is 1. The van der Waals surface area contributed by atoms with E-state index in [1.807, 2.05) is 0 Å². The van der Waals surface area contributed by atoms with Crippen LogP contribution in [-0.4, -0.2) is 31.5 Å². The van der Waals surface area contributed by atoms with Crippen molar-refractivity contribution in [1.29, 1.82) is 0 Å². The van der Waals surface area contributed by atoms with Gasteiger partial charge in [0.25, 0.3) is 5.91 Å². The standard InChI is InChI=1S/C14H15ClFNO2S/c1-19-8-10(15)4-5-17-14(18)13-6-9-2-3-11(16)7-12(9)20-13/h2-3,6-7,10H,4-5,8H2,1H3,(H,17,18). The summed E-state index contributed by atoms with van der Waals surface area (Å²) in [7, 11) is 1.59. The molecule has 1 heterocycles. The zero-order valence-electron chi connectivity index (χ0n) is 11.0. The van der Waals surface area contributed by atoms with E-state index >= 15 is 0 Å². The van der Waals surface area contributed by atoms with Crippen LogP contribution in [0.3, 0.4) is 0 Å². The number of hydrogen-bond acceptors (Lipinski definition) is 3. The van der Waals surface area contributed by atoms with E-state index in [1.54, 1.807) is 19.2 Å². The number of carbonyl (C=O) groups is 1. The average Bonchev–Trinajstić information content (AvgIpc) is 2.82. The Hall–Kier alpha value is -1.17. The van der Waals surface area contributed by atoms with Crippen LogP contribution in [0.2, 0.25) is 0 Å². The molecule has 0 fully saturated rings. The van der Waals surface area contributed by atoms with Crippen LogP contribution in [0.4, 0.5) is 4.39 Å². The molecule has 1 N–H and O–H groups in total. The van der Waals surface area contributed by atoms with Crippen molar-refractivity contribution in [2.45, 2.75) is 11.8 Å². The Labute approximate surface area is 125 Å². The number of nitrogens with one attached hydrogen (secondary N) is 1. The van der Waals surface area contributed by atoms with Crippen molar-refractivity contribution in [2.75, 3.05) is 20.3 Å². The van der Waals surface area contributed by atoms with Gasteiger partial charge in [-0.3, -0.25) is 4.79 Å². The highest BCUT2D eigenvalue weighted by Gasteiger charge is 2.11. The van der Waals surface area contributed by atoms with Crippen molar-refractivity contribution in [2.24, 2.45) is 0 Å². The molecule has 1 amide bonds. The number of ether oxygens (including phenoxy) is 1. The maximum atomic E-state index is 13.1. The summed E-state index contributed by atoms with van der Waals surface area (Å²) in [5.74, 6) is -0.455. The second-order valence-electron chi connectivity index (χ2n) is 4.39. The second kappa shape index (κ2) is 7.02. The molecule has 0 aliphatic rings. The minimum Gasteiger partial charge on any atom is -0.383 e. The minimum absolute atomic E-state index is 0.114. The van der Waals surface area contributed by atoms with Gasteiger partial charge in [0.2, 0.25) is 0 Å². The Bertz CT molecular complexity index is 602. The van der Waals surface area contributed by atoms with Crippen molar-refractivity contribution >= 4 is 38.9 Å². The third-order valence-electron chi connectivity index (χ3n) is 2.80. The van der Waals surface area contributed by atoms with Gasteiger partial charge in [-0.25, -0.2) is 4.39 Å². The molecule has 0 spiro atoms. The van der Waals surface area contributed by atoms with Crippen molar-refractivity contribution in [3.8, 4) is 0 Å². The summed E-state index contributed by atoms with van der Waals surface area (Å²) in [5.41, 5.74) is 0. The van der Waals surface area contributed by atoms with Crippen LogP contribution in [-0.2, 0) is 4.74 Å². The van der Waals surface area contributed by atoms with Gasteiger partial charge in [-0.1, -0.05) is 6.07 Å². The first-order valence-electron chi connectivity index (χ1n) is 6.20. The van der Waals surface area contributed by atoms with Gasteiger partial charge in [0.1, 0.15) is 5.82 Å². The molecule has 1 atom stereocenters. The molecule has 0 bridgehead atoms. The topological polar surface area (TPSA) is 38.3 Å². The second-order valence-corrected chi connectivity index (χ2v) is 6.09. The molecule has 2 aromatic rings. The number of methoxy groups -OCH3 is 1. The fraction of sp³-hybridized carbons (Fsp3) is 0.357. The van der Waals surface area contributed by atoms with Crippen LogP contribution in [0.5, 0.6) is 0 Å². The molecule has 0 aliphatic heterocycles. The van der Waals surface area contributed by atoms with Crippen LogP contribution in [0.25, 0.3) is 10.1 Å². The maximum Gasteiger partial charge on any atom is 0.261 e. The number of rotatable bonds is 6. The van der Waals surface area contributed by atoms with Crippen molar-refractivity contribution in [1.82, 2.24) is 5.32 Å². The van der Waals surface area contributed by atoms with Crippen LogP contribution in [0, 0.1) is 5.82 Å². The highest BCUT2D eigenvalue weighted by atomic mass is 35.5. The molecular weight excluding hydrogens is 301 g/mol. The third-order valence-corrected chi connectivity index (χ3v) is 4.24. The highest BCUT2D eigenvalue weighted by molar-refractivity contribution is 7.20. The van der Waals surface area contributed by atoms with E-state index in [0.29, 0.717) is 24.4 Å². The molecule has 0 aliphatic carbocycles.